The van der Waals surface area contributed by atoms with E-state index in [1.165, 1.54) is 0 Å². The Morgan fingerprint density at radius 3 is 2.57 bits per heavy atom. The Labute approximate surface area is 124 Å². The molecule has 0 amide bonds. The van der Waals surface area contributed by atoms with Crippen molar-refractivity contribution in [1.82, 2.24) is 19.4 Å². The molecular formula is C16H22N4O. The van der Waals surface area contributed by atoms with E-state index in [9.17, 15) is 4.79 Å². The third-order valence-corrected chi connectivity index (χ3v) is 4.31. The lowest BCUT2D eigenvalue weighted by molar-refractivity contribution is 0.150. The number of para-hydroxylation sites is 1. The number of fused-ring (bicyclic) bond motifs is 1. The molecule has 0 bridgehead atoms. The normalized spacial score (nSPS) is 17.4. The molecule has 1 saturated heterocycles. The zero-order chi connectivity index (χ0) is 14.8. The SMILES string of the molecule is Cc1nc(=O)n(CCN2CCN(C)CC2)c2ccccc12. The molecule has 0 radical (unpaired) electrons. The predicted molar refractivity (Wildman–Crippen MR) is 84.7 cm³/mol. The Bertz CT molecular complexity index is 686. The van der Waals surface area contributed by atoms with Crippen molar-refractivity contribution in [3.05, 3.63) is 40.4 Å². The monoisotopic (exact) mass is 286 g/mol. The number of piperazine rings is 1. The van der Waals surface area contributed by atoms with Crippen LogP contribution in [0.5, 0.6) is 0 Å². The molecule has 0 atom stereocenters. The smallest absolute Gasteiger partial charge is 0.304 e. The van der Waals surface area contributed by atoms with Gasteiger partial charge in [-0.1, -0.05) is 18.2 Å². The van der Waals surface area contributed by atoms with Crippen LogP contribution >= 0.6 is 0 Å². The molecule has 0 spiro atoms. The number of hydrogen-bond acceptors (Lipinski definition) is 4. The van der Waals surface area contributed by atoms with Crippen LogP contribution in [0, 0.1) is 6.92 Å². The molecule has 5 nitrogen and oxygen atoms in total. The Balaban J connectivity index is 1.82. The molecule has 2 aromatic rings. The molecule has 0 aliphatic carbocycles. The van der Waals surface area contributed by atoms with E-state index < -0.39 is 0 Å². The highest BCUT2D eigenvalue weighted by atomic mass is 16.1. The maximum absolute atomic E-state index is 12.2. The van der Waals surface area contributed by atoms with E-state index in [-0.39, 0.29) is 5.69 Å². The van der Waals surface area contributed by atoms with Gasteiger partial charge in [-0.3, -0.25) is 9.47 Å². The minimum atomic E-state index is -0.139. The summed E-state index contributed by atoms with van der Waals surface area (Å²) < 4.78 is 1.81. The van der Waals surface area contributed by atoms with Gasteiger partial charge in [-0.2, -0.15) is 4.98 Å². The van der Waals surface area contributed by atoms with Crippen LogP contribution < -0.4 is 5.69 Å². The molecule has 21 heavy (non-hydrogen) atoms. The number of aryl methyl sites for hydroxylation is 1. The molecule has 1 aliphatic heterocycles. The molecule has 1 aliphatic rings. The van der Waals surface area contributed by atoms with Crippen molar-refractivity contribution in [1.29, 1.82) is 0 Å². The molecule has 1 aromatic heterocycles. The molecule has 0 unspecified atom stereocenters. The molecule has 0 N–H and O–H groups in total. The van der Waals surface area contributed by atoms with Gasteiger partial charge in [0.2, 0.25) is 0 Å². The summed E-state index contributed by atoms with van der Waals surface area (Å²) in [7, 11) is 2.15. The third kappa shape index (κ3) is 2.99. The molecule has 2 heterocycles. The van der Waals surface area contributed by atoms with Crippen LogP contribution in [0.15, 0.2) is 29.1 Å². The lowest BCUT2D eigenvalue weighted by Crippen LogP contribution is -2.46. The second-order valence-corrected chi connectivity index (χ2v) is 5.79. The standard InChI is InChI=1S/C16H22N4O/c1-13-14-5-3-4-6-15(14)20(16(21)17-13)12-11-19-9-7-18(2)8-10-19/h3-6H,7-12H2,1-2H3. The van der Waals surface area contributed by atoms with E-state index in [0.29, 0.717) is 6.54 Å². The first kappa shape index (κ1) is 14.2. The molecule has 1 fully saturated rings. The zero-order valence-corrected chi connectivity index (χ0v) is 12.7. The predicted octanol–water partition coefficient (Wildman–Crippen LogP) is 0.952. The van der Waals surface area contributed by atoms with Crippen LogP contribution in [0.1, 0.15) is 5.69 Å². The fourth-order valence-corrected chi connectivity index (χ4v) is 2.91. The van der Waals surface area contributed by atoms with Crippen molar-refractivity contribution in [2.45, 2.75) is 13.5 Å². The number of aromatic nitrogens is 2. The molecular weight excluding hydrogens is 264 g/mol. The van der Waals surface area contributed by atoms with E-state index in [2.05, 4.69) is 21.8 Å². The minimum absolute atomic E-state index is 0.139. The average molecular weight is 286 g/mol. The summed E-state index contributed by atoms with van der Waals surface area (Å²) in [6, 6.07) is 8.01. The maximum Gasteiger partial charge on any atom is 0.348 e. The number of nitrogens with zero attached hydrogens (tertiary/aromatic N) is 4. The molecule has 5 heteroatoms. The van der Waals surface area contributed by atoms with Crippen molar-refractivity contribution < 1.29 is 0 Å². The van der Waals surface area contributed by atoms with Crippen LogP contribution in [0.25, 0.3) is 10.9 Å². The topological polar surface area (TPSA) is 41.4 Å². The average Bonchev–Trinajstić information content (AvgIpc) is 2.49. The highest BCUT2D eigenvalue weighted by Crippen LogP contribution is 2.14. The van der Waals surface area contributed by atoms with Gasteiger partial charge in [0.15, 0.2) is 0 Å². The summed E-state index contributed by atoms with van der Waals surface area (Å²) >= 11 is 0. The number of rotatable bonds is 3. The number of hydrogen-bond donors (Lipinski definition) is 0. The molecule has 0 saturated carbocycles. The summed E-state index contributed by atoms with van der Waals surface area (Å²) in [4.78, 5) is 21.1. The van der Waals surface area contributed by atoms with Gasteiger partial charge in [0.1, 0.15) is 0 Å². The summed E-state index contributed by atoms with van der Waals surface area (Å²) in [6.45, 7) is 7.85. The zero-order valence-electron chi connectivity index (χ0n) is 12.7. The Kier molecular flexibility index (Phi) is 4.03. The van der Waals surface area contributed by atoms with Gasteiger partial charge in [-0.15, -0.1) is 0 Å². The van der Waals surface area contributed by atoms with Crippen LogP contribution in [0.3, 0.4) is 0 Å². The van der Waals surface area contributed by atoms with Crippen molar-refractivity contribution in [3.63, 3.8) is 0 Å². The molecule has 112 valence electrons. The molecule has 1 aromatic carbocycles. The summed E-state index contributed by atoms with van der Waals surface area (Å²) in [6.07, 6.45) is 0. The fraction of sp³-hybridized carbons (Fsp3) is 0.500. The number of likely N-dealkylation sites (N-methyl/N-ethyl adjacent to an activating group) is 1. The highest BCUT2D eigenvalue weighted by molar-refractivity contribution is 5.80. The van der Waals surface area contributed by atoms with E-state index in [0.717, 1.165) is 49.3 Å². The molecule has 3 rings (SSSR count). The maximum atomic E-state index is 12.2. The van der Waals surface area contributed by atoms with Crippen molar-refractivity contribution in [2.75, 3.05) is 39.8 Å². The third-order valence-electron chi connectivity index (χ3n) is 4.31. The summed E-state index contributed by atoms with van der Waals surface area (Å²) in [5.74, 6) is 0. The van der Waals surface area contributed by atoms with Gasteiger partial charge >= 0.3 is 5.69 Å². The fourth-order valence-electron chi connectivity index (χ4n) is 2.91. The van der Waals surface area contributed by atoms with E-state index in [4.69, 9.17) is 0 Å². The Hall–Kier alpha value is -1.72. The van der Waals surface area contributed by atoms with Crippen molar-refractivity contribution >= 4 is 10.9 Å². The van der Waals surface area contributed by atoms with Crippen molar-refractivity contribution in [2.24, 2.45) is 0 Å². The second-order valence-electron chi connectivity index (χ2n) is 5.79. The first-order chi connectivity index (χ1) is 10.1. The minimum Gasteiger partial charge on any atom is -0.304 e. The van der Waals surface area contributed by atoms with Crippen LogP contribution in [-0.2, 0) is 6.54 Å². The van der Waals surface area contributed by atoms with Gasteiger partial charge in [-0.05, 0) is 20.0 Å². The highest BCUT2D eigenvalue weighted by Gasteiger charge is 2.14. The van der Waals surface area contributed by atoms with Crippen molar-refractivity contribution in [3.8, 4) is 0 Å². The summed E-state index contributed by atoms with van der Waals surface area (Å²) in [5.41, 5.74) is 1.66. The Morgan fingerprint density at radius 1 is 1.10 bits per heavy atom. The van der Waals surface area contributed by atoms with Gasteiger partial charge in [0.25, 0.3) is 0 Å². The Morgan fingerprint density at radius 2 is 1.81 bits per heavy atom. The van der Waals surface area contributed by atoms with Crippen LogP contribution in [0.4, 0.5) is 0 Å². The lowest BCUT2D eigenvalue weighted by Gasteiger charge is -2.32. The van der Waals surface area contributed by atoms with E-state index in [1.54, 1.807) is 4.57 Å². The largest absolute Gasteiger partial charge is 0.348 e. The lowest BCUT2D eigenvalue weighted by atomic mass is 10.2. The van der Waals surface area contributed by atoms with E-state index in [1.807, 2.05) is 31.2 Å². The summed E-state index contributed by atoms with van der Waals surface area (Å²) in [5, 5.41) is 1.07. The van der Waals surface area contributed by atoms with Crippen LogP contribution in [-0.4, -0.2) is 59.1 Å². The first-order valence-corrected chi connectivity index (χ1v) is 7.52. The number of benzene rings is 1. The van der Waals surface area contributed by atoms with Gasteiger partial charge in [0.05, 0.1) is 11.2 Å². The van der Waals surface area contributed by atoms with Crippen LogP contribution in [0.2, 0.25) is 0 Å². The first-order valence-electron chi connectivity index (χ1n) is 7.52. The van der Waals surface area contributed by atoms with Gasteiger partial charge in [-0.25, -0.2) is 4.79 Å². The van der Waals surface area contributed by atoms with Gasteiger partial charge < -0.3 is 4.90 Å². The quantitative estimate of drug-likeness (QED) is 0.842. The van der Waals surface area contributed by atoms with E-state index >= 15 is 0 Å². The second kappa shape index (κ2) is 5.95. The van der Waals surface area contributed by atoms with Gasteiger partial charge in [0, 0.05) is 44.7 Å².